The molecule has 0 N–H and O–H groups in total. The lowest BCUT2D eigenvalue weighted by Crippen LogP contribution is -1.78. The molecular formula is C18H20. The average Bonchev–Trinajstić information content (AvgIpc) is 2.39. The minimum Gasteiger partial charge on any atom is -0.0656 e. The molecule has 0 saturated carbocycles. The van der Waals surface area contributed by atoms with Gasteiger partial charge in [0.15, 0.2) is 0 Å². The molecule has 0 nitrogen and oxygen atoms in total. The summed E-state index contributed by atoms with van der Waals surface area (Å²) in [6.07, 6.45) is 1.25. The molecule has 0 aliphatic heterocycles. The lowest BCUT2D eigenvalue weighted by Gasteiger charge is -2.04. The summed E-state index contributed by atoms with van der Waals surface area (Å²) in [5.41, 5.74) is 1.32. The van der Waals surface area contributed by atoms with Crippen LogP contribution in [0.5, 0.6) is 0 Å². The number of hydrogen-bond acceptors (Lipinski definition) is 0. The van der Waals surface area contributed by atoms with Gasteiger partial charge in [-0.1, -0.05) is 80.4 Å². The van der Waals surface area contributed by atoms with Crippen molar-refractivity contribution in [2.24, 2.45) is 0 Å². The zero-order chi connectivity index (χ0) is 13.0. The van der Waals surface area contributed by atoms with E-state index < -0.39 is 0 Å². The third-order valence-corrected chi connectivity index (χ3v) is 2.90. The van der Waals surface area contributed by atoms with Gasteiger partial charge in [-0.3, -0.25) is 0 Å². The van der Waals surface area contributed by atoms with Gasteiger partial charge in [0.1, 0.15) is 0 Å². The Morgan fingerprint density at radius 1 is 0.722 bits per heavy atom. The third-order valence-electron chi connectivity index (χ3n) is 2.90. The van der Waals surface area contributed by atoms with E-state index in [0.29, 0.717) is 0 Å². The number of hydrogen-bond donors (Lipinski definition) is 0. The summed E-state index contributed by atoms with van der Waals surface area (Å²) in [5, 5.41) is 5.33. The molecule has 0 heterocycles. The first-order chi connectivity index (χ1) is 8.76. The van der Waals surface area contributed by atoms with E-state index in [2.05, 4.69) is 75.4 Å². The van der Waals surface area contributed by atoms with Crippen LogP contribution >= 0.6 is 0 Å². The van der Waals surface area contributed by atoms with Crippen molar-refractivity contribution in [3.05, 3.63) is 60.2 Å². The van der Waals surface area contributed by atoms with Gasteiger partial charge >= 0.3 is 0 Å². The largest absolute Gasteiger partial charge is 0.0656 e. The summed E-state index contributed by atoms with van der Waals surface area (Å²) in [5.74, 6) is 0. The van der Waals surface area contributed by atoms with Crippen LogP contribution in [0.4, 0.5) is 0 Å². The van der Waals surface area contributed by atoms with Crippen molar-refractivity contribution in [3.63, 3.8) is 0 Å². The monoisotopic (exact) mass is 236 g/mol. The van der Waals surface area contributed by atoms with Crippen LogP contribution in [0.2, 0.25) is 0 Å². The summed E-state index contributed by atoms with van der Waals surface area (Å²) in [7, 11) is 0. The molecule has 3 aromatic carbocycles. The second-order valence-corrected chi connectivity index (χ2v) is 4.72. The van der Waals surface area contributed by atoms with E-state index in [-0.39, 0.29) is 0 Å². The Hall–Kier alpha value is -1.82. The zero-order valence-electron chi connectivity index (χ0n) is 11.4. The molecule has 0 spiro atoms. The molecule has 0 bridgehead atoms. The summed E-state index contributed by atoms with van der Waals surface area (Å²) in [6, 6.07) is 19.5. The van der Waals surface area contributed by atoms with Gasteiger partial charge in [-0.05, 0) is 28.5 Å². The summed E-state index contributed by atoms with van der Waals surface area (Å²) >= 11 is 0. The Labute approximate surface area is 109 Å². The van der Waals surface area contributed by atoms with Crippen molar-refractivity contribution < 1.29 is 0 Å². The van der Waals surface area contributed by atoms with E-state index in [0.717, 1.165) is 0 Å². The molecule has 0 aromatic heterocycles. The molecule has 0 aliphatic carbocycles. The Bertz CT molecular complexity index is 650. The second-order valence-electron chi connectivity index (χ2n) is 4.72. The summed E-state index contributed by atoms with van der Waals surface area (Å²) in [6.45, 7) is 6.39. The molecule has 3 aromatic rings. The lowest BCUT2D eigenvalue weighted by molar-refractivity contribution is 1.09. The van der Waals surface area contributed by atoms with Gasteiger partial charge in [0.05, 0.1) is 0 Å². The van der Waals surface area contributed by atoms with Crippen molar-refractivity contribution in [1.29, 1.82) is 0 Å². The molecule has 0 atom stereocenters. The average molecular weight is 236 g/mol. The lowest BCUT2D eigenvalue weighted by atomic mass is 10.0. The molecule has 0 amide bonds. The van der Waals surface area contributed by atoms with E-state index in [4.69, 9.17) is 0 Å². The molecule has 0 saturated heterocycles. The number of fused-ring (bicyclic) bond motifs is 3. The maximum atomic E-state index is 2.26. The first-order valence-corrected chi connectivity index (χ1v) is 6.64. The molecule has 0 heteroatoms. The molecule has 0 radical (unpaired) electrons. The van der Waals surface area contributed by atoms with Crippen molar-refractivity contribution in [3.8, 4) is 0 Å². The number of aryl methyl sites for hydroxylation is 1. The Kier molecular flexibility index (Phi) is 3.99. The van der Waals surface area contributed by atoms with E-state index >= 15 is 0 Å². The van der Waals surface area contributed by atoms with Crippen LogP contribution in [0, 0.1) is 6.92 Å². The predicted octanol–water partition coefficient (Wildman–Crippen LogP) is 5.72. The van der Waals surface area contributed by atoms with Crippen LogP contribution < -0.4 is 0 Å². The van der Waals surface area contributed by atoms with Crippen LogP contribution in [0.1, 0.15) is 25.8 Å². The summed E-state index contributed by atoms with van der Waals surface area (Å²) < 4.78 is 0. The molecule has 0 aliphatic rings. The van der Waals surface area contributed by atoms with Crippen LogP contribution in [-0.4, -0.2) is 0 Å². The minimum absolute atomic E-state index is 1.25. The van der Waals surface area contributed by atoms with Gasteiger partial charge < -0.3 is 0 Å². The number of rotatable bonds is 0. The van der Waals surface area contributed by atoms with Gasteiger partial charge in [-0.15, -0.1) is 0 Å². The maximum Gasteiger partial charge on any atom is -0.0103 e. The Balaban J connectivity index is 0.000000367. The van der Waals surface area contributed by atoms with Gasteiger partial charge in [-0.2, -0.15) is 0 Å². The Morgan fingerprint density at radius 3 is 2.00 bits per heavy atom. The van der Waals surface area contributed by atoms with Crippen LogP contribution in [0.25, 0.3) is 21.5 Å². The Morgan fingerprint density at radius 2 is 1.28 bits per heavy atom. The smallest absolute Gasteiger partial charge is 0.0103 e. The van der Waals surface area contributed by atoms with E-state index in [1.54, 1.807) is 0 Å². The quantitative estimate of drug-likeness (QED) is 0.438. The van der Waals surface area contributed by atoms with Crippen molar-refractivity contribution >= 4 is 21.5 Å². The highest BCUT2D eigenvalue weighted by Gasteiger charge is 1.99. The number of benzene rings is 3. The van der Waals surface area contributed by atoms with E-state index in [1.807, 2.05) is 0 Å². The van der Waals surface area contributed by atoms with Gasteiger partial charge in [0, 0.05) is 0 Å². The first-order valence-electron chi connectivity index (χ1n) is 6.64. The fraction of sp³-hybridized carbons (Fsp3) is 0.222. The molecule has 0 unspecified atom stereocenters. The van der Waals surface area contributed by atoms with Crippen molar-refractivity contribution in [2.75, 3.05) is 0 Å². The van der Waals surface area contributed by atoms with Gasteiger partial charge in [0.2, 0.25) is 0 Å². The third kappa shape index (κ3) is 2.53. The van der Waals surface area contributed by atoms with Crippen LogP contribution in [0.15, 0.2) is 54.6 Å². The molecule has 0 fully saturated rings. The fourth-order valence-electron chi connectivity index (χ4n) is 2.12. The van der Waals surface area contributed by atoms with E-state index in [1.165, 1.54) is 33.5 Å². The predicted molar refractivity (Wildman–Crippen MR) is 82.2 cm³/mol. The highest BCUT2D eigenvalue weighted by molar-refractivity contribution is 6.07. The first kappa shape index (κ1) is 12.6. The fourth-order valence-corrected chi connectivity index (χ4v) is 2.12. The van der Waals surface area contributed by atoms with Crippen molar-refractivity contribution in [2.45, 2.75) is 27.2 Å². The van der Waals surface area contributed by atoms with Crippen LogP contribution in [0.3, 0.4) is 0 Å². The highest BCUT2D eigenvalue weighted by Crippen LogP contribution is 2.25. The van der Waals surface area contributed by atoms with Crippen LogP contribution in [-0.2, 0) is 0 Å². The van der Waals surface area contributed by atoms with Gasteiger partial charge in [0.25, 0.3) is 0 Å². The molecule has 92 valence electrons. The normalized spacial score (nSPS) is 10.2. The molecular weight excluding hydrogens is 216 g/mol. The second kappa shape index (κ2) is 5.68. The molecule has 3 rings (SSSR count). The molecule has 18 heavy (non-hydrogen) atoms. The van der Waals surface area contributed by atoms with Crippen molar-refractivity contribution in [1.82, 2.24) is 0 Å². The zero-order valence-corrected chi connectivity index (χ0v) is 11.4. The van der Waals surface area contributed by atoms with E-state index in [9.17, 15) is 0 Å². The summed E-state index contributed by atoms with van der Waals surface area (Å²) in [4.78, 5) is 0. The highest BCUT2D eigenvalue weighted by atomic mass is 14.0. The standard InChI is InChI=1S/C15H12.C3H8/c1-11-6-7-13-9-8-12-4-2-3-5-14(12)15(13)10-11;1-3-2/h2-10H,1H3;3H2,1-2H3. The minimum atomic E-state index is 1.25. The van der Waals surface area contributed by atoms with Gasteiger partial charge in [-0.25, -0.2) is 0 Å². The SMILES string of the molecule is CCC.Cc1ccc2ccc3ccccc3c2c1. The topological polar surface area (TPSA) is 0 Å². The maximum absolute atomic E-state index is 2.26.